The number of rotatable bonds is 3. The summed E-state index contributed by atoms with van der Waals surface area (Å²) in [6.45, 7) is 0.662. The maximum absolute atomic E-state index is 5.88. The van der Waals surface area contributed by atoms with Gasteiger partial charge in [0.15, 0.2) is 0 Å². The van der Waals surface area contributed by atoms with Crippen molar-refractivity contribution in [3.63, 3.8) is 0 Å². The Morgan fingerprint density at radius 3 is 2.53 bits per heavy atom. The fourth-order valence-electron chi connectivity index (χ4n) is 1.27. The first kappa shape index (κ1) is 11.0. The maximum atomic E-state index is 5.88. The van der Waals surface area contributed by atoms with Crippen molar-refractivity contribution in [3.8, 4) is 0 Å². The van der Waals surface area contributed by atoms with Crippen LogP contribution in [0.3, 0.4) is 0 Å². The predicted molar refractivity (Wildman–Crippen MR) is 62.7 cm³/mol. The molecule has 0 saturated heterocycles. The van der Waals surface area contributed by atoms with Crippen molar-refractivity contribution >= 4 is 46.6 Å². The van der Waals surface area contributed by atoms with E-state index in [4.69, 9.17) is 40.5 Å². The van der Waals surface area contributed by atoms with Crippen LogP contribution in [0.15, 0.2) is 6.07 Å². The van der Waals surface area contributed by atoms with Crippen molar-refractivity contribution < 1.29 is 0 Å². The molecule has 1 aromatic heterocycles. The second-order valence-corrected chi connectivity index (χ2v) is 4.76. The molecule has 82 valence electrons. The van der Waals surface area contributed by atoms with E-state index >= 15 is 0 Å². The molecule has 7 heteroatoms. The lowest BCUT2D eigenvalue weighted by Crippen LogP contribution is -2.08. The van der Waals surface area contributed by atoms with Gasteiger partial charge < -0.3 is 11.1 Å². The smallest absolute Gasteiger partial charge is 0.223 e. The molecule has 1 aliphatic carbocycles. The molecule has 15 heavy (non-hydrogen) atoms. The van der Waals surface area contributed by atoms with E-state index in [1.54, 1.807) is 6.07 Å². The fraction of sp³-hybridized carbons (Fsp3) is 0.500. The summed E-state index contributed by atoms with van der Waals surface area (Å²) in [5.41, 5.74) is 5.44. The van der Waals surface area contributed by atoms with E-state index in [1.165, 1.54) is 0 Å². The number of anilines is 2. The van der Waals surface area contributed by atoms with Gasteiger partial charge in [-0.3, -0.25) is 0 Å². The minimum atomic E-state index is 0.0359. The highest BCUT2D eigenvalue weighted by molar-refractivity contribution is 6.34. The van der Waals surface area contributed by atoms with Gasteiger partial charge in [-0.15, -0.1) is 23.2 Å². The van der Waals surface area contributed by atoms with Crippen molar-refractivity contribution in [3.05, 3.63) is 11.2 Å². The van der Waals surface area contributed by atoms with Crippen molar-refractivity contribution in [2.24, 2.45) is 5.92 Å². The molecular formula is C8H9Cl3N4. The van der Waals surface area contributed by atoms with Crippen molar-refractivity contribution in [1.82, 2.24) is 9.97 Å². The highest BCUT2D eigenvalue weighted by atomic mass is 35.5. The summed E-state index contributed by atoms with van der Waals surface area (Å²) in [5, 5.41) is 3.45. The third kappa shape index (κ3) is 2.56. The molecule has 3 N–H and O–H groups in total. The molecule has 1 aromatic rings. The van der Waals surface area contributed by atoms with E-state index in [9.17, 15) is 0 Å². The van der Waals surface area contributed by atoms with Crippen molar-refractivity contribution in [2.75, 3.05) is 17.6 Å². The quantitative estimate of drug-likeness (QED) is 0.649. The maximum Gasteiger partial charge on any atom is 0.223 e. The standard InChI is InChI=1S/C8H9Cl3N4/c9-4-1-5(15-8(12)14-4)13-2-3-6(10)7(3)11/h1,3,6-7H,2H2,(H3,12,13,14,15). The van der Waals surface area contributed by atoms with Crippen molar-refractivity contribution in [1.29, 1.82) is 0 Å². The van der Waals surface area contributed by atoms with Crippen LogP contribution in [0.25, 0.3) is 0 Å². The van der Waals surface area contributed by atoms with Crippen LogP contribution in [0.2, 0.25) is 5.15 Å². The van der Waals surface area contributed by atoms with Crippen LogP contribution in [0.5, 0.6) is 0 Å². The number of nitrogen functional groups attached to an aromatic ring is 1. The second kappa shape index (κ2) is 4.20. The van der Waals surface area contributed by atoms with Crippen LogP contribution in [-0.4, -0.2) is 27.3 Å². The van der Waals surface area contributed by atoms with E-state index in [1.807, 2.05) is 0 Å². The molecule has 1 aliphatic rings. The Morgan fingerprint density at radius 2 is 2.00 bits per heavy atom. The summed E-state index contributed by atoms with van der Waals surface area (Å²) in [5.74, 6) is 1.00. The molecule has 0 amide bonds. The van der Waals surface area contributed by atoms with Gasteiger partial charge in [0.1, 0.15) is 11.0 Å². The van der Waals surface area contributed by atoms with Crippen LogP contribution in [0, 0.1) is 5.92 Å². The Morgan fingerprint density at radius 1 is 1.33 bits per heavy atom. The molecule has 0 bridgehead atoms. The minimum Gasteiger partial charge on any atom is -0.369 e. The zero-order chi connectivity index (χ0) is 11.0. The third-order valence-electron chi connectivity index (χ3n) is 2.21. The van der Waals surface area contributed by atoms with Crippen LogP contribution in [0.1, 0.15) is 0 Å². The Bertz CT molecular complexity index is 345. The van der Waals surface area contributed by atoms with Crippen LogP contribution in [-0.2, 0) is 0 Å². The molecule has 0 aliphatic heterocycles. The fourth-order valence-corrected chi connectivity index (χ4v) is 2.23. The van der Waals surface area contributed by atoms with Gasteiger partial charge in [0.2, 0.25) is 5.95 Å². The van der Waals surface area contributed by atoms with E-state index in [0.29, 0.717) is 17.5 Å². The van der Waals surface area contributed by atoms with Crippen LogP contribution >= 0.6 is 34.8 Å². The van der Waals surface area contributed by atoms with Gasteiger partial charge in [-0.2, -0.15) is 4.98 Å². The summed E-state index contributed by atoms with van der Waals surface area (Å²) < 4.78 is 0. The highest BCUT2D eigenvalue weighted by Gasteiger charge is 2.47. The Hall–Kier alpha value is -0.450. The summed E-state index contributed by atoms with van der Waals surface area (Å²) in [6.07, 6.45) is 0. The first-order valence-electron chi connectivity index (χ1n) is 4.40. The molecule has 4 nitrogen and oxygen atoms in total. The zero-order valence-corrected chi connectivity index (χ0v) is 9.89. The van der Waals surface area contributed by atoms with Gasteiger partial charge in [0.05, 0.1) is 10.8 Å². The molecule has 0 radical (unpaired) electrons. The number of hydrogen-bond acceptors (Lipinski definition) is 4. The van der Waals surface area contributed by atoms with Gasteiger partial charge in [-0.1, -0.05) is 11.6 Å². The van der Waals surface area contributed by atoms with E-state index in [-0.39, 0.29) is 22.6 Å². The Labute approximate surface area is 102 Å². The first-order valence-corrected chi connectivity index (χ1v) is 5.65. The normalized spacial score (nSPS) is 28.9. The number of hydrogen-bond donors (Lipinski definition) is 2. The van der Waals surface area contributed by atoms with Gasteiger partial charge in [-0.05, 0) is 0 Å². The molecule has 1 heterocycles. The SMILES string of the molecule is Nc1nc(Cl)cc(NCC2C(Cl)C2Cl)n1. The predicted octanol–water partition coefficient (Wildman–Crippen LogP) is 1.97. The van der Waals surface area contributed by atoms with Gasteiger partial charge >= 0.3 is 0 Å². The van der Waals surface area contributed by atoms with Gasteiger partial charge in [0, 0.05) is 18.5 Å². The number of nitrogens with one attached hydrogen (secondary N) is 1. The van der Waals surface area contributed by atoms with Crippen molar-refractivity contribution in [2.45, 2.75) is 10.8 Å². The molecule has 2 atom stereocenters. The topological polar surface area (TPSA) is 63.8 Å². The number of nitrogens with two attached hydrogens (primary N) is 1. The average Bonchev–Trinajstić information content (AvgIpc) is 2.70. The highest BCUT2D eigenvalue weighted by Crippen LogP contribution is 2.41. The van der Waals surface area contributed by atoms with E-state index in [2.05, 4.69) is 15.3 Å². The number of aromatic nitrogens is 2. The molecule has 0 spiro atoms. The Balaban J connectivity index is 1.94. The monoisotopic (exact) mass is 266 g/mol. The molecule has 2 unspecified atom stereocenters. The van der Waals surface area contributed by atoms with Crippen LogP contribution < -0.4 is 11.1 Å². The largest absolute Gasteiger partial charge is 0.369 e. The average molecular weight is 268 g/mol. The molecule has 1 saturated carbocycles. The van der Waals surface area contributed by atoms with Crippen LogP contribution in [0.4, 0.5) is 11.8 Å². The van der Waals surface area contributed by atoms with Gasteiger partial charge in [-0.25, -0.2) is 4.98 Å². The number of nitrogens with zero attached hydrogens (tertiary/aromatic N) is 2. The summed E-state index contributed by atoms with van der Waals surface area (Å²) in [4.78, 5) is 7.72. The summed E-state index contributed by atoms with van der Waals surface area (Å²) >= 11 is 17.5. The van der Waals surface area contributed by atoms with E-state index < -0.39 is 0 Å². The lowest BCUT2D eigenvalue weighted by Gasteiger charge is -2.04. The molecule has 0 aromatic carbocycles. The number of alkyl halides is 2. The van der Waals surface area contributed by atoms with Gasteiger partial charge in [0.25, 0.3) is 0 Å². The Kier molecular flexibility index (Phi) is 3.09. The number of halogens is 3. The second-order valence-electron chi connectivity index (χ2n) is 3.37. The first-order chi connectivity index (χ1) is 7.08. The summed E-state index contributed by atoms with van der Waals surface area (Å²) in [7, 11) is 0. The third-order valence-corrected chi connectivity index (χ3v) is 3.73. The molecular weight excluding hydrogens is 258 g/mol. The minimum absolute atomic E-state index is 0.0359. The zero-order valence-electron chi connectivity index (χ0n) is 7.62. The molecule has 1 fully saturated rings. The lowest BCUT2D eigenvalue weighted by molar-refractivity contribution is 0.885. The lowest BCUT2D eigenvalue weighted by atomic mass is 10.4. The molecule has 2 rings (SSSR count). The van der Waals surface area contributed by atoms with E-state index in [0.717, 1.165) is 0 Å². The summed E-state index contributed by atoms with van der Waals surface area (Å²) in [6, 6.07) is 1.60.